The van der Waals surface area contributed by atoms with Crippen LogP contribution in [0.4, 0.5) is 0 Å². The standard InChI is InChI=1S/C18H17IN2/c1-11-6-7-16-14(10-11)12-8-9-20-17(18(12)21-16)13-4-2-3-5-15(13)19/h2-7,10,17,20-21H,8-9H2,1H3. The zero-order valence-electron chi connectivity index (χ0n) is 11.9. The Kier molecular flexibility index (Phi) is 3.27. The fraction of sp³-hybridized carbons (Fsp3) is 0.222. The van der Waals surface area contributed by atoms with Gasteiger partial charge in [-0.1, -0.05) is 29.8 Å². The van der Waals surface area contributed by atoms with E-state index in [0.717, 1.165) is 13.0 Å². The number of aromatic amines is 1. The number of benzene rings is 2. The van der Waals surface area contributed by atoms with E-state index in [0.29, 0.717) is 0 Å². The molecule has 1 unspecified atom stereocenters. The molecule has 0 amide bonds. The summed E-state index contributed by atoms with van der Waals surface area (Å²) < 4.78 is 1.32. The molecule has 2 N–H and O–H groups in total. The molecular formula is C18H17IN2. The van der Waals surface area contributed by atoms with Crippen LogP contribution in [0.15, 0.2) is 42.5 Å². The van der Waals surface area contributed by atoms with Gasteiger partial charge in [0.25, 0.3) is 0 Å². The largest absolute Gasteiger partial charge is 0.357 e. The van der Waals surface area contributed by atoms with Gasteiger partial charge in [-0.15, -0.1) is 0 Å². The number of aromatic nitrogens is 1. The predicted molar refractivity (Wildman–Crippen MR) is 95.7 cm³/mol. The van der Waals surface area contributed by atoms with E-state index in [4.69, 9.17) is 0 Å². The second kappa shape index (κ2) is 5.14. The highest BCUT2D eigenvalue weighted by Gasteiger charge is 2.26. The molecule has 0 fully saturated rings. The van der Waals surface area contributed by atoms with E-state index < -0.39 is 0 Å². The van der Waals surface area contributed by atoms with E-state index in [-0.39, 0.29) is 6.04 Å². The van der Waals surface area contributed by atoms with E-state index in [2.05, 4.69) is 82.3 Å². The van der Waals surface area contributed by atoms with Crippen molar-refractivity contribution >= 4 is 33.5 Å². The lowest BCUT2D eigenvalue weighted by molar-refractivity contribution is 0.558. The molecule has 1 aliphatic heterocycles. The van der Waals surface area contributed by atoms with Crippen LogP contribution >= 0.6 is 22.6 Å². The Morgan fingerprint density at radius 2 is 2.00 bits per heavy atom. The van der Waals surface area contributed by atoms with Crippen molar-refractivity contribution in [3.63, 3.8) is 0 Å². The third kappa shape index (κ3) is 2.19. The molecule has 2 nitrogen and oxygen atoms in total. The fourth-order valence-corrected chi connectivity index (χ4v) is 4.02. The molecule has 1 aliphatic rings. The molecule has 4 rings (SSSR count). The number of halogens is 1. The highest BCUT2D eigenvalue weighted by molar-refractivity contribution is 14.1. The smallest absolute Gasteiger partial charge is 0.0742 e. The number of nitrogens with one attached hydrogen (secondary N) is 2. The van der Waals surface area contributed by atoms with Gasteiger partial charge in [0, 0.05) is 26.7 Å². The van der Waals surface area contributed by atoms with Crippen molar-refractivity contribution < 1.29 is 0 Å². The Hall–Kier alpha value is -1.33. The zero-order chi connectivity index (χ0) is 14.4. The molecule has 21 heavy (non-hydrogen) atoms. The van der Waals surface area contributed by atoms with Crippen LogP contribution in [0.25, 0.3) is 10.9 Å². The van der Waals surface area contributed by atoms with Crippen LogP contribution < -0.4 is 5.32 Å². The number of fused-ring (bicyclic) bond motifs is 3. The van der Waals surface area contributed by atoms with Gasteiger partial charge in [0.15, 0.2) is 0 Å². The van der Waals surface area contributed by atoms with Crippen molar-refractivity contribution in [3.8, 4) is 0 Å². The third-order valence-corrected chi connectivity index (χ3v) is 5.31. The van der Waals surface area contributed by atoms with Crippen LogP contribution in [0.3, 0.4) is 0 Å². The monoisotopic (exact) mass is 388 g/mol. The maximum atomic E-state index is 3.67. The van der Waals surface area contributed by atoms with E-state index >= 15 is 0 Å². The minimum Gasteiger partial charge on any atom is -0.357 e. The number of hydrogen-bond donors (Lipinski definition) is 2. The molecule has 0 spiro atoms. The lowest BCUT2D eigenvalue weighted by Gasteiger charge is -2.25. The lowest BCUT2D eigenvalue weighted by atomic mass is 9.94. The summed E-state index contributed by atoms with van der Waals surface area (Å²) in [7, 11) is 0. The van der Waals surface area contributed by atoms with Crippen LogP contribution in [0.1, 0.15) is 28.4 Å². The van der Waals surface area contributed by atoms with Crippen molar-refractivity contribution in [3.05, 3.63) is 68.4 Å². The summed E-state index contributed by atoms with van der Waals surface area (Å²) in [6, 6.07) is 15.6. The van der Waals surface area contributed by atoms with Gasteiger partial charge in [0.1, 0.15) is 0 Å². The molecular weight excluding hydrogens is 371 g/mol. The summed E-state index contributed by atoms with van der Waals surface area (Å²) in [6.45, 7) is 3.20. The first-order valence-corrected chi connectivity index (χ1v) is 8.41. The molecule has 2 aromatic carbocycles. The molecule has 2 heterocycles. The summed E-state index contributed by atoms with van der Waals surface area (Å²) >= 11 is 2.43. The average Bonchev–Trinajstić information content (AvgIpc) is 2.86. The molecule has 0 bridgehead atoms. The minimum atomic E-state index is 0.273. The Morgan fingerprint density at radius 1 is 1.14 bits per heavy atom. The van der Waals surface area contributed by atoms with E-state index in [1.807, 2.05) is 0 Å². The van der Waals surface area contributed by atoms with Gasteiger partial charge in [-0.3, -0.25) is 0 Å². The SMILES string of the molecule is Cc1ccc2[nH]c3c(c2c1)CCNC3c1ccccc1I. The summed E-state index contributed by atoms with van der Waals surface area (Å²) in [6.07, 6.45) is 1.10. The van der Waals surface area contributed by atoms with Crippen molar-refractivity contribution in [1.82, 2.24) is 10.3 Å². The van der Waals surface area contributed by atoms with Crippen LogP contribution in [-0.2, 0) is 6.42 Å². The summed E-state index contributed by atoms with van der Waals surface area (Å²) in [5.74, 6) is 0. The first-order chi connectivity index (χ1) is 10.2. The lowest BCUT2D eigenvalue weighted by Crippen LogP contribution is -2.30. The second-order valence-corrected chi connectivity index (χ2v) is 6.89. The molecule has 0 aliphatic carbocycles. The first kappa shape index (κ1) is 13.3. The molecule has 3 heteroatoms. The Labute approximate surface area is 138 Å². The number of H-pyrrole nitrogens is 1. The molecule has 0 saturated carbocycles. The average molecular weight is 388 g/mol. The maximum Gasteiger partial charge on any atom is 0.0742 e. The topological polar surface area (TPSA) is 27.8 Å². The highest BCUT2D eigenvalue weighted by atomic mass is 127. The fourth-order valence-electron chi connectivity index (χ4n) is 3.32. The Balaban J connectivity index is 1.92. The van der Waals surface area contributed by atoms with Crippen molar-refractivity contribution in [2.75, 3.05) is 6.54 Å². The van der Waals surface area contributed by atoms with Crippen LogP contribution in [-0.4, -0.2) is 11.5 Å². The molecule has 1 aromatic heterocycles. The number of aryl methyl sites for hydroxylation is 1. The summed E-state index contributed by atoms with van der Waals surface area (Å²) in [4.78, 5) is 3.65. The quantitative estimate of drug-likeness (QED) is 0.598. The van der Waals surface area contributed by atoms with Gasteiger partial charge in [0.05, 0.1) is 6.04 Å². The zero-order valence-corrected chi connectivity index (χ0v) is 14.1. The summed E-state index contributed by atoms with van der Waals surface area (Å²) in [5.41, 5.74) is 6.77. The van der Waals surface area contributed by atoms with Crippen LogP contribution in [0, 0.1) is 10.5 Å². The van der Waals surface area contributed by atoms with E-state index in [9.17, 15) is 0 Å². The maximum absolute atomic E-state index is 3.67. The third-order valence-electron chi connectivity index (χ3n) is 4.32. The molecule has 1 atom stereocenters. The molecule has 0 radical (unpaired) electrons. The molecule has 3 aromatic rings. The van der Waals surface area contributed by atoms with Gasteiger partial charge >= 0.3 is 0 Å². The van der Waals surface area contributed by atoms with Crippen molar-refractivity contribution in [2.45, 2.75) is 19.4 Å². The van der Waals surface area contributed by atoms with Gasteiger partial charge in [-0.2, -0.15) is 0 Å². The Bertz CT molecular complexity index is 819. The van der Waals surface area contributed by atoms with E-state index in [1.165, 1.54) is 36.9 Å². The van der Waals surface area contributed by atoms with Crippen LogP contribution in [0.5, 0.6) is 0 Å². The van der Waals surface area contributed by atoms with Gasteiger partial charge in [-0.25, -0.2) is 0 Å². The predicted octanol–water partition coefficient (Wildman–Crippen LogP) is 4.32. The van der Waals surface area contributed by atoms with Crippen LogP contribution in [0.2, 0.25) is 0 Å². The normalized spacial score (nSPS) is 17.9. The summed E-state index contributed by atoms with van der Waals surface area (Å²) in [5, 5.41) is 5.06. The van der Waals surface area contributed by atoms with Gasteiger partial charge < -0.3 is 10.3 Å². The second-order valence-electron chi connectivity index (χ2n) is 5.72. The molecule has 106 valence electrons. The minimum absolute atomic E-state index is 0.273. The van der Waals surface area contributed by atoms with Crippen molar-refractivity contribution in [2.24, 2.45) is 0 Å². The van der Waals surface area contributed by atoms with E-state index in [1.54, 1.807) is 0 Å². The first-order valence-electron chi connectivity index (χ1n) is 7.33. The molecule has 0 saturated heterocycles. The highest BCUT2D eigenvalue weighted by Crippen LogP contribution is 2.35. The number of rotatable bonds is 1. The van der Waals surface area contributed by atoms with Gasteiger partial charge in [-0.05, 0) is 65.3 Å². The van der Waals surface area contributed by atoms with Crippen molar-refractivity contribution in [1.29, 1.82) is 0 Å². The Morgan fingerprint density at radius 3 is 2.86 bits per heavy atom. The van der Waals surface area contributed by atoms with Gasteiger partial charge in [0.2, 0.25) is 0 Å². The number of hydrogen-bond acceptors (Lipinski definition) is 1.